The number of carbonyl (C=O) groups is 2. The summed E-state index contributed by atoms with van der Waals surface area (Å²) in [6, 6.07) is -0.692. The zero-order chi connectivity index (χ0) is 10.6. The molecule has 3 amide bonds. The Kier molecular flexibility index (Phi) is 3.47. The van der Waals surface area contributed by atoms with Crippen LogP contribution in [0.1, 0.15) is 13.3 Å². The molecule has 74 valence electrons. The van der Waals surface area contributed by atoms with E-state index in [1.165, 1.54) is 13.1 Å². The molecule has 0 unspecified atom stereocenters. The van der Waals surface area contributed by atoms with Gasteiger partial charge in [-0.2, -0.15) is 0 Å². The van der Waals surface area contributed by atoms with Crippen LogP contribution in [0.3, 0.4) is 0 Å². The van der Waals surface area contributed by atoms with E-state index in [0.29, 0.717) is 0 Å². The number of nitrogens with zero attached hydrogens (tertiary/aromatic N) is 1. The molecule has 0 aliphatic carbocycles. The Balaban J connectivity index is 4.87. The molecule has 0 rings (SSSR count). The van der Waals surface area contributed by atoms with Gasteiger partial charge in [-0.3, -0.25) is 4.79 Å². The number of hydrogen-bond acceptors (Lipinski definition) is 2. The summed E-state index contributed by atoms with van der Waals surface area (Å²) >= 11 is 0. The molecule has 0 aromatic carbocycles. The number of primary amides is 2. The smallest absolute Gasteiger partial charge is 0.315 e. The first-order valence-corrected chi connectivity index (χ1v) is 3.80. The van der Waals surface area contributed by atoms with Gasteiger partial charge in [0, 0.05) is 7.05 Å². The normalized spacial score (nSPS) is 14.3. The van der Waals surface area contributed by atoms with Crippen molar-refractivity contribution in [2.24, 2.45) is 11.5 Å². The van der Waals surface area contributed by atoms with E-state index in [4.69, 9.17) is 11.5 Å². The predicted molar refractivity (Wildman–Crippen MR) is 49.8 cm³/mol. The van der Waals surface area contributed by atoms with E-state index in [9.17, 15) is 9.59 Å². The fourth-order valence-electron chi connectivity index (χ4n) is 0.927. The van der Waals surface area contributed by atoms with Gasteiger partial charge in [0.1, 0.15) is 5.54 Å². The van der Waals surface area contributed by atoms with Gasteiger partial charge in [0.15, 0.2) is 0 Å². The van der Waals surface area contributed by atoms with Crippen LogP contribution in [-0.2, 0) is 4.79 Å². The average molecular weight is 185 g/mol. The third kappa shape index (κ3) is 2.21. The Morgan fingerprint density at radius 1 is 1.54 bits per heavy atom. The maximum absolute atomic E-state index is 11.1. The predicted octanol–water partition coefficient (Wildman–Crippen LogP) is -0.183. The standard InChI is InChI=1S/C8H15N3O2/c1-4-5-8(2,6(9)12)11(3)7(10)13/h4H,1,5H2,2-3H3,(H2,9,12)(H2,10,13)/t8-/m1/s1. The molecule has 13 heavy (non-hydrogen) atoms. The molecule has 0 fully saturated rings. The molecule has 0 aliphatic rings. The maximum Gasteiger partial charge on any atom is 0.315 e. The third-order valence-corrected chi connectivity index (χ3v) is 2.14. The SMILES string of the molecule is C=CC[C@](C)(C(N)=O)N(C)C(N)=O. The lowest BCUT2D eigenvalue weighted by Crippen LogP contribution is -2.57. The summed E-state index contributed by atoms with van der Waals surface area (Å²) in [6.45, 7) is 5.03. The first kappa shape index (κ1) is 11.5. The zero-order valence-corrected chi connectivity index (χ0v) is 7.91. The molecule has 0 aliphatic heterocycles. The van der Waals surface area contributed by atoms with Gasteiger partial charge in [-0.05, 0) is 13.3 Å². The lowest BCUT2D eigenvalue weighted by atomic mass is 9.95. The number of urea groups is 1. The van der Waals surface area contributed by atoms with Crippen LogP contribution in [0.5, 0.6) is 0 Å². The Bertz CT molecular complexity index is 240. The Morgan fingerprint density at radius 2 is 2.00 bits per heavy atom. The number of amides is 3. The third-order valence-electron chi connectivity index (χ3n) is 2.14. The van der Waals surface area contributed by atoms with Crippen molar-refractivity contribution in [3.63, 3.8) is 0 Å². The summed E-state index contributed by atoms with van der Waals surface area (Å²) in [5, 5.41) is 0. The van der Waals surface area contributed by atoms with Gasteiger partial charge in [-0.15, -0.1) is 6.58 Å². The number of carbonyl (C=O) groups excluding carboxylic acids is 2. The monoisotopic (exact) mass is 185 g/mol. The van der Waals surface area contributed by atoms with Gasteiger partial charge in [-0.25, -0.2) is 4.79 Å². The summed E-state index contributed by atoms with van der Waals surface area (Å²) in [6.07, 6.45) is 1.80. The molecule has 0 aromatic rings. The van der Waals surface area contributed by atoms with E-state index in [1.54, 1.807) is 6.92 Å². The summed E-state index contributed by atoms with van der Waals surface area (Å²) in [5.74, 6) is -0.603. The topological polar surface area (TPSA) is 89.4 Å². The minimum Gasteiger partial charge on any atom is -0.368 e. The molecule has 0 bridgehead atoms. The highest BCUT2D eigenvalue weighted by molar-refractivity contribution is 5.89. The second kappa shape index (κ2) is 3.93. The van der Waals surface area contributed by atoms with Crippen LogP contribution in [0.2, 0.25) is 0 Å². The second-order valence-electron chi connectivity index (χ2n) is 3.03. The van der Waals surface area contributed by atoms with Crippen molar-refractivity contribution in [1.82, 2.24) is 4.90 Å². The molecule has 0 spiro atoms. The van der Waals surface area contributed by atoms with Crippen LogP contribution >= 0.6 is 0 Å². The van der Waals surface area contributed by atoms with E-state index < -0.39 is 17.5 Å². The van der Waals surface area contributed by atoms with Crippen molar-refractivity contribution in [3.8, 4) is 0 Å². The Morgan fingerprint density at radius 3 is 2.23 bits per heavy atom. The van der Waals surface area contributed by atoms with E-state index >= 15 is 0 Å². The van der Waals surface area contributed by atoms with Crippen LogP contribution in [0.25, 0.3) is 0 Å². The lowest BCUT2D eigenvalue weighted by Gasteiger charge is -2.33. The summed E-state index contributed by atoms with van der Waals surface area (Å²) < 4.78 is 0. The van der Waals surface area contributed by atoms with Crippen molar-refractivity contribution in [2.75, 3.05) is 7.05 Å². The van der Waals surface area contributed by atoms with E-state index in [1.807, 2.05) is 0 Å². The molecule has 4 N–H and O–H groups in total. The minimum absolute atomic E-state index is 0.280. The number of nitrogens with two attached hydrogens (primary N) is 2. The average Bonchev–Trinajstić information content (AvgIpc) is 2.02. The van der Waals surface area contributed by atoms with Gasteiger partial charge in [0.25, 0.3) is 0 Å². The molecule has 0 heterocycles. The van der Waals surface area contributed by atoms with Gasteiger partial charge in [0.05, 0.1) is 0 Å². The fraction of sp³-hybridized carbons (Fsp3) is 0.500. The summed E-state index contributed by atoms with van der Waals surface area (Å²) in [4.78, 5) is 23.0. The van der Waals surface area contributed by atoms with E-state index in [-0.39, 0.29) is 6.42 Å². The quantitative estimate of drug-likeness (QED) is 0.595. The molecule has 0 aromatic heterocycles. The molecule has 0 saturated heterocycles. The van der Waals surface area contributed by atoms with Crippen molar-refractivity contribution in [1.29, 1.82) is 0 Å². The lowest BCUT2D eigenvalue weighted by molar-refractivity contribution is -0.126. The van der Waals surface area contributed by atoms with Crippen LogP contribution in [0.4, 0.5) is 4.79 Å². The minimum atomic E-state index is -1.09. The highest BCUT2D eigenvalue weighted by atomic mass is 16.2. The number of likely N-dealkylation sites (N-methyl/N-ethyl adjacent to an activating group) is 1. The summed E-state index contributed by atoms with van der Waals surface area (Å²) in [7, 11) is 1.43. The van der Waals surface area contributed by atoms with Crippen LogP contribution < -0.4 is 11.5 Å². The van der Waals surface area contributed by atoms with Crippen LogP contribution in [0.15, 0.2) is 12.7 Å². The number of hydrogen-bond donors (Lipinski definition) is 2. The van der Waals surface area contributed by atoms with Gasteiger partial charge in [-0.1, -0.05) is 6.08 Å². The molecule has 0 saturated carbocycles. The van der Waals surface area contributed by atoms with E-state index in [2.05, 4.69) is 6.58 Å². The van der Waals surface area contributed by atoms with Crippen molar-refractivity contribution < 1.29 is 9.59 Å². The first-order chi connectivity index (χ1) is 5.86. The molecular formula is C8H15N3O2. The summed E-state index contributed by atoms with van der Waals surface area (Å²) in [5.41, 5.74) is 9.10. The highest BCUT2D eigenvalue weighted by Crippen LogP contribution is 2.17. The van der Waals surface area contributed by atoms with Crippen LogP contribution in [-0.4, -0.2) is 29.4 Å². The van der Waals surface area contributed by atoms with Crippen molar-refractivity contribution >= 4 is 11.9 Å². The number of rotatable bonds is 4. The molecule has 1 atom stereocenters. The van der Waals surface area contributed by atoms with Gasteiger partial charge in [0.2, 0.25) is 5.91 Å². The molecule has 5 nitrogen and oxygen atoms in total. The maximum atomic E-state index is 11.1. The largest absolute Gasteiger partial charge is 0.368 e. The Labute approximate surface area is 77.4 Å². The molecule has 0 radical (unpaired) electrons. The van der Waals surface area contributed by atoms with Crippen molar-refractivity contribution in [2.45, 2.75) is 18.9 Å². The first-order valence-electron chi connectivity index (χ1n) is 3.80. The molecule has 5 heteroatoms. The molecular weight excluding hydrogens is 170 g/mol. The van der Waals surface area contributed by atoms with Gasteiger partial charge < -0.3 is 16.4 Å². The van der Waals surface area contributed by atoms with Crippen molar-refractivity contribution in [3.05, 3.63) is 12.7 Å². The highest BCUT2D eigenvalue weighted by Gasteiger charge is 2.36. The fourth-order valence-corrected chi connectivity index (χ4v) is 0.927. The Hall–Kier alpha value is -1.52. The van der Waals surface area contributed by atoms with Crippen LogP contribution in [0, 0.1) is 0 Å². The second-order valence-corrected chi connectivity index (χ2v) is 3.03. The van der Waals surface area contributed by atoms with Gasteiger partial charge >= 0.3 is 6.03 Å². The van der Waals surface area contributed by atoms with E-state index in [0.717, 1.165) is 4.90 Å². The zero-order valence-electron chi connectivity index (χ0n) is 7.91.